The number of benzene rings is 1. The summed E-state index contributed by atoms with van der Waals surface area (Å²) in [6, 6.07) is 2.33. The van der Waals surface area contributed by atoms with E-state index in [1.54, 1.807) is 20.8 Å². The summed E-state index contributed by atoms with van der Waals surface area (Å²) in [7, 11) is -3.76. The van der Waals surface area contributed by atoms with Crippen LogP contribution in [0.5, 0.6) is 0 Å². The maximum atomic E-state index is 12.7. The van der Waals surface area contributed by atoms with Crippen molar-refractivity contribution in [1.29, 1.82) is 0 Å². The SMILES string of the molecule is CCN(CC)S(=O)(=O)c1ccc(C)c(C(=O)NC(CF)C(=O)O)c1. The molecule has 1 amide bonds. The third-order valence-corrected chi connectivity index (χ3v) is 5.60. The second-order valence-electron chi connectivity index (χ2n) is 5.08. The van der Waals surface area contributed by atoms with Crippen molar-refractivity contribution in [3.63, 3.8) is 0 Å². The number of nitrogens with zero attached hydrogens (tertiary/aromatic N) is 1. The highest BCUT2D eigenvalue weighted by molar-refractivity contribution is 7.89. The molecular weight excluding hydrogens is 339 g/mol. The fraction of sp³-hybridized carbons (Fsp3) is 0.467. The Hall–Kier alpha value is -2.00. The van der Waals surface area contributed by atoms with Crippen molar-refractivity contribution in [2.24, 2.45) is 0 Å². The zero-order valence-corrected chi connectivity index (χ0v) is 14.6. The molecule has 0 aliphatic heterocycles. The first kappa shape index (κ1) is 20.0. The second kappa shape index (κ2) is 8.20. The fourth-order valence-electron chi connectivity index (χ4n) is 2.12. The van der Waals surface area contributed by atoms with Crippen molar-refractivity contribution in [2.75, 3.05) is 19.8 Å². The highest BCUT2D eigenvalue weighted by atomic mass is 32.2. The smallest absolute Gasteiger partial charge is 0.328 e. The lowest BCUT2D eigenvalue weighted by Gasteiger charge is -2.19. The average molecular weight is 360 g/mol. The van der Waals surface area contributed by atoms with Gasteiger partial charge in [0.2, 0.25) is 10.0 Å². The highest BCUT2D eigenvalue weighted by Gasteiger charge is 2.25. The van der Waals surface area contributed by atoms with E-state index in [0.29, 0.717) is 5.56 Å². The van der Waals surface area contributed by atoms with Gasteiger partial charge in [-0.25, -0.2) is 17.6 Å². The number of aliphatic carboxylic acids is 1. The average Bonchev–Trinajstić information content (AvgIpc) is 2.53. The van der Waals surface area contributed by atoms with Gasteiger partial charge in [-0.15, -0.1) is 0 Å². The standard InChI is InChI=1S/C15H21FN2O5S/c1-4-18(5-2)24(22,23)11-7-6-10(3)12(8-11)14(19)17-13(9-16)15(20)21/h6-8,13H,4-5,9H2,1-3H3,(H,17,19)(H,20,21). The van der Waals surface area contributed by atoms with E-state index in [2.05, 4.69) is 0 Å². The Morgan fingerprint density at radius 3 is 2.33 bits per heavy atom. The Balaban J connectivity index is 3.23. The van der Waals surface area contributed by atoms with Crippen molar-refractivity contribution in [3.05, 3.63) is 29.3 Å². The number of nitrogens with one attached hydrogen (secondary N) is 1. The molecule has 0 spiro atoms. The molecule has 2 N–H and O–H groups in total. The largest absolute Gasteiger partial charge is 0.480 e. The van der Waals surface area contributed by atoms with Crippen LogP contribution in [0.1, 0.15) is 29.8 Å². The van der Waals surface area contributed by atoms with Gasteiger partial charge in [0, 0.05) is 18.7 Å². The number of hydrogen-bond donors (Lipinski definition) is 2. The van der Waals surface area contributed by atoms with Gasteiger partial charge < -0.3 is 10.4 Å². The fourth-order valence-corrected chi connectivity index (χ4v) is 3.61. The van der Waals surface area contributed by atoms with Crippen LogP contribution in [0.15, 0.2) is 23.1 Å². The number of sulfonamides is 1. The van der Waals surface area contributed by atoms with E-state index < -0.39 is 34.6 Å². The molecule has 24 heavy (non-hydrogen) atoms. The molecule has 9 heteroatoms. The lowest BCUT2D eigenvalue weighted by Crippen LogP contribution is -2.42. The van der Waals surface area contributed by atoms with Crippen LogP contribution in [-0.4, -0.2) is 55.5 Å². The van der Waals surface area contributed by atoms with E-state index in [0.717, 1.165) is 0 Å². The number of hydrogen-bond acceptors (Lipinski definition) is 4. The Kier molecular flexibility index (Phi) is 6.85. The zero-order valence-electron chi connectivity index (χ0n) is 13.7. The molecule has 0 aliphatic rings. The van der Waals surface area contributed by atoms with E-state index in [4.69, 9.17) is 5.11 Å². The Morgan fingerprint density at radius 1 is 1.29 bits per heavy atom. The summed E-state index contributed by atoms with van der Waals surface area (Å²) in [5.41, 5.74) is 0.442. The molecule has 1 atom stereocenters. The number of aryl methyl sites for hydroxylation is 1. The van der Waals surface area contributed by atoms with Crippen LogP contribution in [0.2, 0.25) is 0 Å². The summed E-state index contributed by atoms with van der Waals surface area (Å²) in [6.07, 6.45) is 0. The Morgan fingerprint density at radius 2 is 1.88 bits per heavy atom. The van der Waals surface area contributed by atoms with Gasteiger partial charge in [-0.3, -0.25) is 4.79 Å². The number of alkyl halides is 1. The molecule has 0 bridgehead atoms. The molecule has 7 nitrogen and oxygen atoms in total. The topological polar surface area (TPSA) is 104 Å². The van der Waals surface area contributed by atoms with Crippen LogP contribution in [0.25, 0.3) is 0 Å². The molecule has 0 radical (unpaired) electrons. The molecule has 0 aromatic heterocycles. The van der Waals surface area contributed by atoms with Crippen molar-refractivity contribution in [1.82, 2.24) is 9.62 Å². The molecule has 0 heterocycles. The van der Waals surface area contributed by atoms with E-state index >= 15 is 0 Å². The molecule has 0 saturated carbocycles. The van der Waals surface area contributed by atoms with Crippen LogP contribution >= 0.6 is 0 Å². The van der Waals surface area contributed by atoms with Crippen LogP contribution in [-0.2, 0) is 14.8 Å². The molecule has 0 aliphatic carbocycles. The molecule has 134 valence electrons. The number of amides is 1. The summed E-state index contributed by atoms with van der Waals surface area (Å²) in [5.74, 6) is -2.34. The Bertz CT molecular complexity index is 717. The van der Waals surface area contributed by atoms with Gasteiger partial charge in [0.05, 0.1) is 4.90 Å². The molecule has 0 fully saturated rings. The molecule has 1 aromatic rings. The number of carbonyl (C=O) groups excluding carboxylic acids is 1. The van der Waals surface area contributed by atoms with E-state index in [1.165, 1.54) is 22.5 Å². The summed E-state index contributed by atoms with van der Waals surface area (Å²) in [4.78, 5) is 22.9. The monoisotopic (exact) mass is 360 g/mol. The first-order valence-corrected chi connectivity index (χ1v) is 8.83. The van der Waals surface area contributed by atoms with Gasteiger partial charge in [-0.2, -0.15) is 4.31 Å². The third kappa shape index (κ3) is 4.30. The predicted molar refractivity (Wildman–Crippen MR) is 86.2 cm³/mol. The van der Waals surface area contributed by atoms with Crippen LogP contribution < -0.4 is 5.32 Å². The number of carboxylic acid groups (broad SMARTS) is 1. The molecule has 1 unspecified atom stereocenters. The minimum Gasteiger partial charge on any atom is -0.480 e. The van der Waals surface area contributed by atoms with Gasteiger partial charge in [0.15, 0.2) is 6.04 Å². The minimum atomic E-state index is -3.76. The first-order chi connectivity index (χ1) is 11.2. The highest BCUT2D eigenvalue weighted by Crippen LogP contribution is 2.19. The Labute approximate surface area is 140 Å². The summed E-state index contributed by atoms with van der Waals surface area (Å²) >= 11 is 0. The number of rotatable bonds is 8. The zero-order chi connectivity index (χ0) is 18.5. The molecule has 1 rings (SSSR count). The van der Waals surface area contributed by atoms with Crippen molar-refractivity contribution < 1.29 is 27.5 Å². The summed E-state index contributed by atoms with van der Waals surface area (Å²) < 4.78 is 38.9. The maximum absolute atomic E-state index is 12.7. The van der Waals surface area contributed by atoms with E-state index in [9.17, 15) is 22.4 Å². The lowest BCUT2D eigenvalue weighted by molar-refractivity contribution is -0.139. The maximum Gasteiger partial charge on any atom is 0.328 e. The summed E-state index contributed by atoms with van der Waals surface area (Å²) in [5, 5.41) is 10.8. The summed E-state index contributed by atoms with van der Waals surface area (Å²) in [6.45, 7) is 4.25. The van der Waals surface area contributed by atoms with Gasteiger partial charge in [-0.1, -0.05) is 19.9 Å². The molecular formula is C15H21FN2O5S. The number of carboxylic acids is 1. The molecule has 0 saturated heterocycles. The lowest BCUT2D eigenvalue weighted by atomic mass is 10.1. The first-order valence-electron chi connectivity index (χ1n) is 7.39. The van der Waals surface area contributed by atoms with Gasteiger partial charge in [0.25, 0.3) is 5.91 Å². The number of halogens is 1. The van der Waals surface area contributed by atoms with Crippen LogP contribution in [0, 0.1) is 6.92 Å². The molecule has 1 aromatic carbocycles. The van der Waals surface area contributed by atoms with Gasteiger partial charge in [-0.05, 0) is 24.6 Å². The minimum absolute atomic E-state index is 0.0112. The van der Waals surface area contributed by atoms with E-state index in [-0.39, 0.29) is 23.5 Å². The van der Waals surface area contributed by atoms with Gasteiger partial charge in [0.1, 0.15) is 6.67 Å². The van der Waals surface area contributed by atoms with Crippen LogP contribution in [0.3, 0.4) is 0 Å². The third-order valence-electron chi connectivity index (χ3n) is 3.55. The second-order valence-corrected chi connectivity index (χ2v) is 7.02. The van der Waals surface area contributed by atoms with Crippen molar-refractivity contribution in [2.45, 2.75) is 31.7 Å². The number of carbonyl (C=O) groups is 2. The normalized spacial score (nSPS) is 12.9. The quantitative estimate of drug-likeness (QED) is 0.724. The van der Waals surface area contributed by atoms with Crippen molar-refractivity contribution in [3.8, 4) is 0 Å². The van der Waals surface area contributed by atoms with Gasteiger partial charge >= 0.3 is 5.97 Å². The van der Waals surface area contributed by atoms with Crippen molar-refractivity contribution >= 4 is 21.9 Å². The van der Waals surface area contributed by atoms with Crippen LogP contribution in [0.4, 0.5) is 4.39 Å². The van der Waals surface area contributed by atoms with E-state index in [1.807, 2.05) is 5.32 Å². The predicted octanol–water partition coefficient (Wildman–Crippen LogP) is 1.18.